The molecule has 0 radical (unpaired) electrons. The van der Waals surface area contributed by atoms with Crippen molar-refractivity contribution < 1.29 is 28.7 Å². The lowest BCUT2D eigenvalue weighted by Crippen LogP contribution is -2.28. The maximum absolute atomic E-state index is 12.3. The van der Waals surface area contributed by atoms with Gasteiger partial charge in [-0.15, -0.1) is 0 Å². The number of esters is 2. The molecular formula is C23H24N2O6. The summed E-state index contributed by atoms with van der Waals surface area (Å²) in [6, 6.07) is 13.7. The molecule has 2 amide bonds. The van der Waals surface area contributed by atoms with Crippen LogP contribution in [0.15, 0.2) is 48.5 Å². The molecule has 2 aromatic rings. The van der Waals surface area contributed by atoms with Crippen LogP contribution in [-0.4, -0.2) is 43.5 Å². The number of benzene rings is 2. The summed E-state index contributed by atoms with van der Waals surface area (Å²) in [5.41, 5.74) is 2.58. The Morgan fingerprint density at radius 3 is 2.52 bits per heavy atom. The van der Waals surface area contributed by atoms with Crippen LogP contribution in [0, 0.1) is 12.8 Å². The SMILES string of the molecule is CCOC(=O)c1ccc(NC(=O)COC(=O)[C@H]2CC(=O)N(c3cccc(C)c3)C2)cc1. The zero-order chi connectivity index (χ0) is 22.4. The van der Waals surface area contributed by atoms with Crippen LogP contribution in [-0.2, 0) is 23.9 Å². The molecule has 31 heavy (non-hydrogen) atoms. The normalized spacial score (nSPS) is 15.5. The van der Waals surface area contributed by atoms with Gasteiger partial charge in [0, 0.05) is 24.3 Å². The van der Waals surface area contributed by atoms with E-state index in [1.165, 1.54) is 12.1 Å². The maximum atomic E-state index is 12.3. The van der Waals surface area contributed by atoms with Crippen LogP contribution in [0.3, 0.4) is 0 Å². The Morgan fingerprint density at radius 2 is 1.84 bits per heavy atom. The monoisotopic (exact) mass is 424 g/mol. The van der Waals surface area contributed by atoms with Crippen molar-refractivity contribution in [2.24, 2.45) is 5.92 Å². The molecule has 1 heterocycles. The van der Waals surface area contributed by atoms with E-state index in [1.54, 1.807) is 24.0 Å². The Balaban J connectivity index is 1.48. The van der Waals surface area contributed by atoms with Crippen molar-refractivity contribution in [2.45, 2.75) is 20.3 Å². The quantitative estimate of drug-likeness (QED) is 0.686. The van der Waals surface area contributed by atoms with Crippen molar-refractivity contribution in [1.29, 1.82) is 0 Å². The minimum absolute atomic E-state index is 0.0454. The molecule has 0 unspecified atom stereocenters. The molecule has 0 spiro atoms. The summed E-state index contributed by atoms with van der Waals surface area (Å²) in [5.74, 6) is -2.32. The predicted octanol–water partition coefficient (Wildman–Crippen LogP) is 2.71. The average molecular weight is 424 g/mol. The molecule has 8 nitrogen and oxygen atoms in total. The smallest absolute Gasteiger partial charge is 0.338 e. The first-order chi connectivity index (χ1) is 14.9. The molecule has 0 aliphatic carbocycles. The Hall–Kier alpha value is -3.68. The van der Waals surface area contributed by atoms with Gasteiger partial charge >= 0.3 is 11.9 Å². The Morgan fingerprint density at radius 1 is 1.10 bits per heavy atom. The van der Waals surface area contributed by atoms with Crippen molar-refractivity contribution in [2.75, 3.05) is 30.0 Å². The van der Waals surface area contributed by atoms with E-state index in [4.69, 9.17) is 9.47 Å². The first-order valence-electron chi connectivity index (χ1n) is 9.98. The summed E-state index contributed by atoms with van der Waals surface area (Å²) >= 11 is 0. The van der Waals surface area contributed by atoms with Gasteiger partial charge in [0.2, 0.25) is 5.91 Å². The molecule has 1 fully saturated rings. The van der Waals surface area contributed by atoms with Gasteiger partial charge in [0.05, 0.1) is 18.1 Å². The number of amides is 2. The van der Waals surface area contributed by atoms with Crippen molar-refractivity contribution in [3.8, 4) is 0 Å². The number of aryl methyl sites for hydroxylation is 1. The molecule has 1 atom stereocenters. The lowest BCUT2D eigenvalue weighted by molar-refractivity contribution is -0.151. The predicted molar refractivity (Wildman–Crippen MR) is 114 cm³/mol. The number of rotatable bonds is 7. The van der Waals surface area contributed by atoms with Crippen LogP contribution in [0.25, 0.3) is 0 Å². The highest BCUT2D eigenvalue weighted by molar-refractivity contribution is 6.00. The number of nitrogens with one attached hydrogen (secondary N) is 1. The van der Waals surface area contributed by atoms with E-state index in [0.29, 0.717) is 11.3 Å². The van der Waals surface area contributed by atoms with Crippen molar-refractivity contribution in [1.82, 2.24) is 0 Å². The summed E-state index contributed by atoms with van der Waals surface area (Å²) < 4.78 is 10.0. The third-order valence-electron chi connectivity index (χ3n) is 4.80. The van der Waals surface area contributed by atoms with Gasteiger partial charge in [0.15, 0.2) is 6.61 Å². The molecule has 0 saturated carbocycles. The highest BCUT2D eigenvalue weighted by Crippen LogP contribution is 2.26. The lowest BCUT2D eigenvalue weighted by Gasteiger charge is -2.17. The minimum atomic E-state index is -0.621. The van der Waals surface area contributed by atoms with Crippen LogP contribution in [0.4, 0.5) is 11.4 Å². The molecule has 162 valence electrons. The van der Waals surface area contributed by atoms with Crippen LogP contribution in [0.2, 0.25) is 0 Å². The Bertz CT molecular complexity index is 986. The highest BCUT2D eigenvalue weighted by atomic mass is 16.5. The van der Waals surface area contributed by atoms with Gasteiger partial charge in [-0.3, -0.25) is 14.4 Å². The number of nitrogens with zero attached hydrogens (tertiary/aromatic N) is 1. The van der Waals surface area contributed by atoms with Gasteiger partial charge in [0.25, 0.3) is 5.91 Å². The molecular weight excluding hydrogens is 400 g/mol. The number of carbonyl (C=O) groups excluding carboxylic acids is 4. The van der Waals surface area contributed by atoms with Crippen molar-refractivity contribution >= 4 is 35.1 Å². The van der Waals surface area contributed by atoms with Crippen molar-refractivity contribution in [3.63, 3.8) is 0 Å². The first kappa shape index (κ1) is 22.0. The van der Waals surface area contributed by atoms with Gasteiger partial charge < -0.3 is 19.7 Å². The second-order valence-electron chi connectivity index (χ2n) is 7.20. The molecule has 8 heteroatoms. The zero-order valence-electron chi connectivity index (χ0n) is 17.4. The molecule has 0 aromatic heterocycles. The van der Waals surface area contributed by atoms with E-state index < -0.39 is 30.4 Å². The van der Waals surface area contributed by atoms with Gasteiger partial charge in [-0.1, -0.05) is 12.1 Å². The number of hydrogen-bond donors (Lipinski definition) is 1. The van der Waals surface area contributed by atoms with Gasteiger partial charge in [-0.05, 0) is 55.8 Å². The second-order valence-corrected chi connectivity index (χ2v) is 7.20. The van der Waals surface area contributed by atoms with E-state index in [-0.39, 0.29) is 25.5 Å². The molecule has 3 rings (SSSR count). The summed E-state index contributed by atoms with van der Waals surface area (Å²) in [5, 5.41) is 2.59. The summed E-state index contributed by atoms with van der Waals surface area (Å²) in [6.45, 7) is 3.68. The van der Waals surface area contributed by atoms with E-state index in [2.05, 4.69) is 5.32 Å². The Labute approximate surface area is 180 Å². The Kier molecular flexibility index (Phi) is 7.02. The fourth-order valence-electron chi connectivity index (χ4n) is 3.27. The largest absolute Gasteiger partial charge is 0.462 e. The van der Waals surface area contributed by atoms with E-state index in [9.17, 15) is 19.2 Å². The van der Waals surface area contributed by atoms with Gasteiger partial charge in [0.1, 0.15) is 0 Å². The fraction of sp³-hybridized carbons (Fsp3) is 0.304. The van der Waals surface area contributed by atoms with Gasteiger partial charge in [-0.2, -0.15) is 0 Å². The van der Waals surface area contributed by atoms with E-state index in [1.807, 2.05) is 31.2 Å². The first-order valence-corrected chi connectivity index (χ1v) is 9.98. The number of hydrogen-bond acceptors (Lipinski definition) is 6. The summed E-state index contributed by atoms with van der Waals surface area (Å²) in [6.07, 6.45) is 0.0454. The van der Waals surface area contributed by atoms with E-state index in [0.717, 1.165) is 11.3 Å². The maximum Gasteiger partial charge on any atom is 0.338 e. The minimum Gasteiger partial charge on any atom is -0.462 e. The molecule has 1 aliphatic heterocycles. The third kappa shape index (κ3) is 5.69. The number of anilines is 2. The summed E-state index contributed by atoms with van der Waals surface area (Å²) in [7, 11) is 0. The van der Waals surface area contributed by atoms with Crippen LogP contribution >= 0.6 is 0 Å². The number of carbonyl (C=O) groups is 4. The zero-order valence-corrected chi connectivity index (χ0v) is 17.4. The second kappa shape index (κ2) is 9.88. The lowest BCUT2D eigenvalue weighted by atomic mass is 10.1. The molecule has 1 N–H and O–H groups in total. The molecule has 1 aliphatic rings. The molecule has 1 saturated heterocycles. The van der Waals surface area contributed by atoms with Crippen LogP contribution in [0.5, 0.6) is 0 Å². The highest BCUT2D eigenvalue weighted by Gasteiger charge is 2.36. The third-order valence-corrected chi connectivity index (χ3v) is 4.80. The molecule has 2 aromatic carbocycles. The topological polar surface area (TPSA) is 102 Å². The average Bonchev–Trinajstić information content (AvgIpc) is 3.14. The molecule has 0 bridgehead atoms. The van der Waals surface area contributed by atoms with Crippen LogP contribution < -0.4 is 10.2 Å². The standard InChI is InChI=1S/C23H24N2O6/c1-3-30-22(28)16-7-9-18(10-8-16)24-20(26)14-31-23(29)17-12-21(27)25(13-17)19-6-4-5-15(2)11-19/h4-11,17H,3,12-14H2,1-2H3,(H,24,26)/t17-/m0/s1. The summed E-state index contributed by atoms with van der Waals surface area (Å²) in [4.78, 5) is 49.9. The number of ether oxygens (including phenoxy) is 2. The fourth-order valence-corrected chi connectivity index (χ4v) is 3.27. The van der Waals surface area contributed by atoms with Gasteiger partial charge in [-0.25, -0.2) is 4.79 Å². The van der Waals surface area contributed by atoms with E-state index >= 15 is 0 Å². The van der Waals surface area contributed by atoms with Crippen LogP contribution in [0.1, 0.15) is 29.3 Å². The van der Waals surface area contributed by atoms with Crippen molar-refractivity contribution in [3.05, 3.63) is 59.7 Å².